The van der Waals surface area contributed by atoms with Crippen LogP contribution in [0.25, 0.3) is 0 Å². The molecular formula is C15H18BrN3O3. The number of nitrogens with zero attached hydrogens (tertiary/aromatic N) is 2. The van der Waals surface area contributed by atoms with Crippen molar-refractivity contribution >= 4 is 27.7 Å². The van der Waals surface area contributed by atoms with Gasteiger partial charge in [-0.25, -0.2) is 0 Å². The second-order valence-electron chi connectivity index (χ2n) is 5.84. The topological polar surface area (TPSA) is 71.4 Å². The fourth-order valence-electron chi connectivity index (χ4n) is 2.73. The first-order valence-corrected chi connectivity index (χ1v) is 8.30. The second-order valence-corrected chi connectivity index (χ2v) is 6.76. The van der Waals surface area contributed by atoms with Gasteiger partial charge in [-0.15, -0.1) is 0 Å². The molecule has 2 aliphatic rings. The minimum atomic E-state index is -0.393. The van der Waals surface area contributed by atoms with E-state index in [1.165, 1.54) is 10.6 Å². The fraction of sp³-hybridized carbons (Fsp3) is 0.533. The maximum atomic E-state index is 12.5. The zero-order chi connectivity index (χ0) is 15.7. The van der Waals surface area contributed by atoms with E-state index in [1.807, 2.05) is 0 Å². The normalized spacial score (nSPS) is 21.0. The minimum Gasteiger partial charge on any atom is -0.352 e. The van der Waals surface area contributed by atoms with Crippen LogP contribution in [0, 0.1) is 0 Å². The molecule has 1 aromatic heterocycles. The molecule has 6 nitrogen and oxygen atoms in total. The van der Waals surface area contributed by atoms with Gasteiger partial charge in [-0.2, -0.15) is 0 Å². The molecule has 1 aliphatic carbocycles. The highest BCUT2D eigenvalue weighted by Crippen LogP contribution is 2.22. The summed E-state index contributed by atoms with van der Waals surface area (Å²) in [6.45, 7) is 0.538. The Morgan fingerprint density at radius 3 is 2.77 bits per heavy atom. The number of likely N-dealkylation sites (tertiary alicyclic amines) is 1. The van der Waals surface area contributed by atoms with Crippen molar-refractivity contribution in [1.29, 1.82) is 0 Å². The fourth-order valence-corrected chi connectivity index (χ4v) is 3.10. The molecule has 118 valence electrons. The van der Waals surface area contributed by atoms with E-state index in [2.05, 4.69) is 21.2 Å². The lowest BCUT2D eigenvalue weighted by Crippen LogP contribution is -2.48. The van der Waals surface area contributed by atoms with Gasteiger partial charge in [0, 0.05) is 29.3 Å². The lowest BCUT2D eigenvalue weighted by atomic mass is 10.2. The number of amides is 2. The molecule has 1 atom stereocenters. The summed E-state index contributed by atoms with van der Waals surface area (Å²) in [6, 6.07) is 2.96. The van der Waals surface area contributed by atoms with Crippen molar-refractivity contribution in [2.45, 2.75) is 44.3 Å². The summed E-state index contributed by atoms with van der Waals surface area (Å²) < 4.78 is 2.10. The van der Waals surface area contributed by atoms with Gasteiger partial charge in [-0.3, -0.25) is 14.4 Å². The Kier molecular flexibility index (Phi) is 4.33. The van der Waals surface area contributed by atoms with Crippen LogP contribution in [-0.2, 0) is 16.1 Å². The number of halogens is 1. The molecule has 0 spiro atoms. The summed E-state index contributed by atoms with van der Waals surface area (Å²) in [7, 11) is 0. The van der Waals surface area contributed by atoms with E-state index >= 15 is 0 Å². The van der Waals surface area contributed by atoms with Crippen LogP contribution in [0.15, 0.2) is 27.6 Å². The Bertz CT molecular complexity index is 654. The molecule has 0 bridgehead atoms. The van der Waals surface area contributed by atoms with Gasteiger partial charge in [-0.05, 0) is 47.7 Å². The Balaban J connectivity index is 1.68. The number of nitrogens with one attached hydrogen (secondary N) is 1. The number of carbonyl (C=O) groups excluding carboxylic acids is 2. The van der Waals surface area contributed by atoms with E-state index in [1.54, 1.807) is 17.2 Å². The number of hydrogen-bond acceptors (Lipinski definition) is 3. The molecule has 1 saturated carbocycles. The monoisotopic (exact) mass is 367 g/mol. The molecule has 1 unspecified atom stereocenters. The number of aromatic nitrogens is 1. The summed E-state index contributed by atoms with van der Waals surface area (Å²) in [6.07, 6.45) is 5.16. The quantitative estimate of drug-likeness (QED) is 0.858. The third-order valence-electron chi connectivity index (χ3n) is 4.05. The van der Waals surface area contributed by atoms with Crippen molar-refractivity contribution in [2.75, 3.05) is 6.54 Å². The molecule has 22 heavy (non-hydrogen) atoms. The van der Waals surface area contributed by atoms with Gasteiger partial charge in [0.15, 0.2) is 0 Å². The van der Waals surface area contributed by atoms with Gasteiger partial charge in [0.1, 0.15) is 12.6 Å². The minimum absolute atomic E-state index is 0.0362. The molecule has 2 heterocycles. The molecular weight excluding hydrogens is 350 g/mol. The molecule has 2 fully saturated rings. The Morgan fingerprint density at radius 1 is 1.27 bits per heavy atom. The first-order valence-electron chi connectivity index (χ1n) is 7.50. The van der Waals surface area contributed by atoms with E-state index < -0.39 is 6.04 Å². The number of pyridine rings is 1. The summed E-state index contributed by atoms with van der Waals surface area (Å²) >= 11 is 3.29. The van der Waals surface area contributed by atoms with Gasteiger partial charge in [0.05, 0.1) is 0 Å². The zero-order valence-electron chi connectivity index (χ0n) is 12.1. The molecule has 0 aromatic carbocycles. The summed E-state index contributed by atoms with van der Waals surface area (Å²) in [4.78, 5) is 38.1. The van der Waals surface area contributed by atoms with Crippen LogP contribution < -0.4 is 10.9 Å². The molecule has 1 N–H and O–H groups in total. The number of hydrogen-bond donors (Lipinski definition) is 1. The van der Waals surface area contributed by atoms with Crippen LogP contribution in [0.5, 0.6) is 0 Å². The number of rotatable bonds is 4. The van der Waals surface area contributed by atoms with Gasteiger partial charge < -0.3 is 14.8 Å². The van der Waals surface area contributed by atoms with Crippen LogP contribution in [0.4, 0.5) is 0 Å². The van der Waals surface area contributed by atoms with Gasteiger partial charge >= 0.3 is 0 Å². The van der Waals surface area contributed by atoms with Crippen molar-refractivity contribution < 1.29 is 9.59 Å². The third kappa shape index (κ3) is 3.40. The first kappa shape index (κ1) is 15.3. The predicted molar refractivity (Wildman–Crippen MR) is 84.3 cm³/mol. The SMILES string of the molecule is O=C(NC1CC1)C1CCCN1C(=O)Cn1cc(Br)ccc1=O. The zero-order valence-corrected chi connectivity index (χ0v) is 13.7. The molecule has 0 radical (unpaired) electrons. The average Bonchev–Trinajstić information content (AvgIpc) is 3.15. The first-order chi connectivity index (χ1) is 10.5. The van der Waals surface area contributed by atoms with Gasteiger partial charge in [-0.1, -0.05) is 0 Å². The van der Waals surface area contributed by atoms with Crippen molar-refractivity contribution in [2.24, 2.45) is 0 Å². The van der Waals surface area contributed by atoms with Crippen LogP contribution in [0.3, 0.4) is 0 Å². The second kappa shape index (κ2) is 6.24. The van der Waals surface area contributed by atoms with E-state index in [4.69, 9.17) is 0 Å². The maximum Gasteiger partial charge on any atom is 0.251 e. The predicted octanol–water partition coefficient (Wildman–Crippen LogP) is 0.880. The Hall–Kier alpha value is -1.63. The third-order valence-corrected chi connectivity index (χ3v) is 4.52. The Labute approximate surface area is 136 Å². The van der Waals surface area contributed by atoms with Crippen LogP contribution >= 0.6 is 15.9 Å². The lowest BCUT2D eigenvalue weighted by Gasteiger charge is -2.24. The smallest absolute Gasteiger partial charge is 0.251 e. The van der Waals surface area contributed by atoms with Crippen molar-refractivity contribution in [1.82, 2.24) is 14.8 Å². The maximum absolute atomic E-state index is 12.5. The highest BCUT2D eigenvalue weighted by molar-refractivity contribution is 9.10. The van der Waals surface area contributed by atoms with Crippen LogP contribution in [-0.4, -0.2) is 39.9 Å². The molecule has 1 saturated heterocycles. The largest absolute Gasteiger partial charge is 0.352 e. The van der Waals surface area contributed by atoms with Crippen molar-refractivity contribution in [3.05, 3.63) is 33.2 Å². The molecule has 1 aliphatic heterocycles. The van der Waals surface area contributed by atoms with Crippen LogP contribution in [0.1, 0.15) is 25.7 Å². The van der Waals surface area contributed by atoms with Crippen molar-refractivity contribution in [3.63, 3.8) is 0 Å². The molecule has 7 heteroatoms. The van der Waals surface area contributed by atoms with Gasteiger partial charge in [0.25, 0.3) is 5.56 Å². The summed E-state index contributed by atoms with van der Waals surface area (Å²) in [5.41, 5.74) is -0.227. The highest BCUT2D eigenvalue weighted by Gasteiger charge is 2.36. The van der Waals surface area contributed by atoms with E-state index in [0.717, 1.165) is 23.7 Å². The number of carbonyl (C=O) groups is 2. The Morgan fingerprint density at radius 2 is 2.05 bits per heavy atom. The summed E-state index contributed by atoms with van der Waals surface area (Å²) in [5, 5.41) is 2.96. The molecule has 1 aromatic rings. The summed E-state index contributed by atoms with van der Waals surface area (Å²) in [5.74, 6) is -0.247. The van der Waals surface area contributed by atoms with Crippen molar-refractivity contribution in [3.8, 4) is 0 Å². The molecule has 3 rings (SSSR count). The van der Waals surface area contributed by atoms with Gasteiger partial charge in [0.2, 0.25) is 11.8 Å². The standard InChI is InChI=1S/C15H18BrN3O3/c16-10-3-6-13(20)18(8-10)9-14(21)19-7-1-2-12(19)15(22)17-11-4-5-11/h3,6,8,11-12H,1-2,4-5,7,9H2,(H,17,22). The molecule has 2 amide bonds. The van der Waals surface area contributed by atoms with E-state index in [0.29, 0.717) is 13.0 Å². The lowest BCUT2D eigenvalue weighted by molar-refractivity contribution is -0.139. The van der Waals surface area contributed by atoms with E-state index in [9.17, 15) is 14.4 Å². The highest BCUT2D eigenvalue weighted by atomic mass is 79.9. The van der Waals surface area contributed by atoms with Crippen LogP contribution in [0.2, 0.25) is 0 Å². The van der Waals surface area contributed by atoms with E-state index in [-0.39, 0.29) is 30.0 Å². The average molecular weight is 368 g/mol.